The lowest BCUT2D eigenvalue weighted by Crippen LogP contribution is -2.31. The molecule has 1 amide bonds. The number of rotatable bonds is 2. The Balaban J connectivity index is 4.33. The second-order valence-corrected chi connectivity index (χ2v) is 5.26. The van der Waals surface area contributed by atoms with E-state index in [1.165, 1.54) is 0 Å². The number of hydrogen-bond acceptors (Lipinski definition) is 2. The lowest BCUT2D eigenvalue weighted by Gasteiger charge is -2.17. The molecule has 0 aromatic rings. The van der Waals surface area contributed by atoms with Crippen molar-refractivity contribution in [3.05, 3.63) is 0 Å². The van der Waals surface area contributed by atoms with Crippen LogP contribution in [0, 0.1) is 0 Å². The van der Waals surface area contributed by atoms with Crippen molar-refractivity contribution in [3.8, 4) is 0 Å². The van der Waals surface area contributed by atoms with Crippen LogP contribution in [-0.2, 0) is 19.7 Å². The SMILES string of the molecule is CCN(CC)C(=O)S(C)=S=O. The van der Waals surface area contributed by atoms with E-state index in [1.807, 2.05) is 13.8 Å². The number of nitrogens with zero attached hydrogens (tertiary/aromatic N) is 1. The van der Waals surface area contributed by atoms with Crippen LogP contribution in [0.2, 0.25) is 0 Å². The Morgan fingerprint density at radius 1 is 1.45 bits per heavy atom. The highest BCUT2D eigenvalue weighted by Gasteiger charge is 2.10. The van der Waals surface area contributed by atoms with E-state index < -0.39 is 9.45 Å². The molecular weight excluding hydrogens is 182 g/mol. The van der Waals surface area contributed by atoms with Crippen molar-refractivity contribution in [2.75, 3.05) is 19.3 Å². The summed E-state index contributed by atoms with van der Waals surface area (Å²) in [6.07, 6.45) is 1.66. The van der Waals surface area contributed by atoms with Gasteiger partial charge in [0.15, 0.2) is 0 Å². The van der Waals surface area contributed by atoms with Gasteiger partial charge >= 0.3 is 0 Å². The highest BCUT2D eigenvalue weighted by atomic mass is 32.8. The van der Waals surface area contributed by atoms with Gasteiger partial charge in [0, 0.05) is 13.1 Å². The minimum absolute atomic E-state index is 0.0324. The van der Waals surface area contributed by atoms with Crippen LogP contribution in [0.3, 0.4) is 0 Å². The molecule has 0 aliphatic rings. The lowest BCUT2D eigenvalue weighted by molar-refractivity contribution is 0.228. The maximum absolute atomic E-state index is 11.3. The first-order valence-corrected chi connectivity index (χ1v) is 6.31. The van der Waals surface area contributed by atoms with E-state index in [2.05, 4.69) is 0 Å². The Bertz CT molecular complexity index is 195. The highest BCUT2D eigenvalue weighted by molar-refractivity contribution is 8.39. The van der Waals surface area contributed by atoms with Crippen LogP contribution >= 0.6 is 0 Å². The maximum atomic E-state index is 11.3. The quantitative estimate of drug-likeness (QED) is 0.654. The van der Waals surface area contributed by atoms with Gasteiger partial charge in [0.2, 0.25) is 0 Å². The maximum Gasteiger partial charge on any atom is 0.287 e. The Hall–Kier alpha value is -0.160. The largest absolute Gasteiger partial charge is 0.334 e. The summed E-state index contributed by atoms with van der Waals surface area (Å²) in [5.74, 6) is 0. The van der Waals surface area contributed by atoms with Crippen molar-refractivity contribution in [1.29, 1.82) is 0 Å². The molecule has 0 aromatic heterocycles. The van der Waals surface area contributed by atoms with E-state index in [0.717, 1.165) is 0 Å². The van der Waals surface area contributed by atoms with E-state index in [0.29, 0.717) is 23.3 Å². The Labute approximate surface area is 72.4 Å². The third kappa shape index (κ3) is 3.16. The molecule has 0 fully saturated rings. The van der Waals surface area contributed by atoms with Gasteiger partial charge in [-0.05, 0) is 29.6 Å². The molecule has 0 aromatic carbocycles. The molecule has 0 heterocycles. The molecule has 0 saturated carbocycles. The number of carbonyl (C=O) groups is 1. The average molecular weight is 195 g/mol. The Morgan fingerprint density at radius 3 is 2.18 bits per heavy atom. The fraction of sp³-hybridized carbons (Fsp3) is 0.833. The number of hydrogen-bond donors (Lipinski definition) is 0. The van der Waals surface area contributed by atoms with Crippen molar-refractivity contribution in [2.45, 2.75) is 13.8 Å². The topological polar surface area (TPSA) is 37.4 Å². The molecule has 66 valence electrons. The van der Waals surface area contributed by atoms with Gasteiger partial charge in [-0.3, -0.25) is 4.79 Å². The van der Waals surface area contributed by atoms with Gasteiger partial charge < -0.3 is 4.90 Å². The van der Waals surface area contributed by atoms with Gasteiger partial charge in [0.25, 0.3) is 5.24 Å². The second-order valence-electron chi connectivity index (χ2n) is 1.96. The monoisotopic (exact) mass is 195 g/mol. The standard InChI is InChI=1S/C6H13NO2S2/c1-4-7(5-2)6(8)11(3)10-9/h4-5H2,1-3H3. The molecule has 0 radical (unpaired) electrons. The predicted octanol–water partition coefficient (Wildman–Crippen LogP) is 0.824. The van der Waals surface area contributed by atoms with Crippen LogP contribution in [0.1, 0.15) is 13.8 Å². The minimum atomic E-state index is -0.703. The van der Waals surface area contributed by atoms with Crippen molar-refractivity contribution in [2.24, 2.45) is 0 Å². The molecule has 0 rings (SSSR count). The minimum Gasteiger partial charge on any atom is -0.334 e. The summed E-state index contributed by atoms with van der Waals surface area (Å²) in [7, 11) is -0.325. The molecule has 0 aliphatic carbocycles. The van der Waals surface area contributed by atoms with Gasteiger partial charge in [-0.1, -0.05) is 0 Å². The van der Waals surface area contributed by atoms with Crippen LogP contribution in [0.5, 0.6) is 0 Å². The zero-order valence-electron chi connectivity index (χ0n) is 6.99. The van der Waals surface area contributed by atoms with E-state index in [9.17, 15) is 9.00 Å². The highest BCUT2D eigenvalue weighted by Crippen LogP contribution is 1.94. The van der Waals surface area contributed by atoms with E-state index >= 15 is 0 Å². The van der Waals surface area contributed by atoms with E-state index in [1.54, 1.807) is 11.2 Å². The lowest BCUT2D eigenvalue weighted by atomic mass is 10.6. The summed E-state index contributed by atoms with van der Waals surface area (Å²) in [5.41, 5.74) is 0. The van der Waals surface area contributed by atoms with E-state index in [-0.39, 0.29) is 5.24 Å². The summed E-state index contributed by atoms with van der Waals surface area (Å²) >= 11 is 0. The molecule has 0 N–H and O–H groups in total. The fourth-order valence-corrected chi connectivity index (χ4v) is 1.86. The zero-order chi connectivity index (χ0) is 8.85. The predicted molar refractivity (Wildman–Crippen MR) is 49.7 cm³/mol. The van der Waals surface area contributed by atoms with Crippen LogP contribution in [0.25, 0.3) is 0 Å². The fourth-order valence-electron chi connectivity index (χ4n) is 0.693. The van der Waals surface area contributed by atoms with Crippen molar-refractivity contribution in [3.63, 3.8) is 0 Å². The number of amides is 1. The molecule has 0 bridgehead atoms. The normalized spacial score (nSPS) is 12.3. The summed E-state index contributed by atoms with van der Waals surface area (Å²) in [6.45, 7) is 5.20. The molecule has 1 atom stereocenters. The van der Waals surface area contributed by atoms with Crippen LogP contribution in [-0.4, -0.2) is 33.7 Å². The molecule has 11 heavy (non-hydrogen) atoms. The molecule has 0 aliphatic heterocycles. The van der Waals surface area contributed by atoms with Gasteiger partial charge in [-0.25, -0.2) is 4.21 Å². The summed E-state index contributed by atoms with van der Waals surface area (Å²) < 4.78 is 10.3. The van der Waals surface area contributed by atoms with Gasteiger partial charge in [0.05, 0.1) is 0 Å². The summed E-state index contributed by atoms with van der Waals surface area (Å²) in [5, 5.41) is -0.0324. The second kappa shape index (κ2) is 5.49. The molecule has 5 heteroatoms. The third-order valence-electron chi connectivity index (χ3n) is 1.37. The Kier molecular flexibility index (Phi) is 5.41. The van der Waals surface area contributed by atoms with Crippen LogP contribution in [0.4, 0.5) is 4.79 Å². The molecule has 0 spiro atoms. The molecule has 3 nitrogen and oxygen atoms in total. The first-order valence-electron chi connectivity index (χ1n) is 3.42. The first kappa shape index (κ1) is 10.8. The average Bonchev–Trinajstić information content (AvgIpc) is 2.05. The summed E-state index contributed by atoms with van der Waals surface area (Å²) in [4.78, 5) is 12.9. The zero-order valence-corrected chi connectivity index (χ0v) is 8.63. The Morgan fingerprint density at radius 2 is 1.91 bits per heavy atom. The van der Waals surface area contributed by atoms with Gasteiger partial charge in [0.1, 0.15) is 10.2 Å². The third-order valence-corrected chi connectivity index (χ3v) is 3.36. The molecule has 1 unspecified atom stereocenters. The van der Waals surface area contributed by atoms with Crippen molar-refractivity contribution < 1.29 is 9.00 Å². The summed E-state index contributed by atoms with van der Waals surface area (Å²) in [6, 6.07) is 0. The van der Waals surface area contributed by atoms with Crippen molar-refractivity contribution >= 4 is 24.9 Å². The molecular formula is C6H13NO2S2. The van der Waals surface area contributed by atoms with Crippen LogP contribution in [0.15, 0.2) is 0 Å². The molecule has 0 saturated heterocycles. The first-order chi connectivity index (χ1) is 5.17. The van der Waals surface area contributed by atoms with Gasteiger partial charge in [-0.2, -0.15) is 0 Å². The van der Waals surface area contributed by atoms with Crippen LogP contribution < -0.4 is 0 Å². The number of carbonyl (C=O) groups excluding carboxylic acids is 1. The van der Waals surface area contributed by atoms with E-state index in [4.69, 9.17) is 0 Å². The smallest absolute Gasteiger partial charge is 0.287 e. The van der Waals surface area contributed by atoms with Gasteiger partial charge in [-0.15, -0.1) is 0 Å². The van der Waals surface area contributed by atoms with Crippen molar-refractivity contribution in [1.82, 2.24) is 4.90 Å².